The summed E-state index contributed by atoms with van der Waals surface area (Å²) in [7, 11) is 0. The van der Waals surface area contributed by atoms with Crippen molar-refractivity contribution in [1.82, 2.24) is 0 Å². The zero-order valence-corrected chi connectivity index (χ0v) is 23.0. The van der Waals surface area contributed by atoms with E-state index in [9.17, 15) is 0 Å². The summed E-state index contributed by atoms with van der Waals surface area (Å²) >= 11 is 0. The largest absolute Gasteiger partial charge is 2.00 e. The predicted octanol–water partition coefficient (Wildman–Crippen LogP) is 1.29. The van der Waals surface area contributed by atoms with Crippen molar-refractivity contribution in [2.75, 3.05) is 0 Å². The monoisotopic (exact) mass is 516 g/mol. The summed E-state index contributed by atoms with van der Waals surface area (Å²) in [6, 6.07) is 11.6. The standard InChI is InChI=1S/C27H32.2ClH.Zr/c1-26(2,3)23-17-20(15-18-11-7-8-12-18)25(27(4,5)6)22-16-19-13-9-10-14-21(19)24(22)23;;;/h7-11,13-14,17H,12,15-16H2,1-6H3;2*1H;/q;;;+2/p-2. The van der Waals surface area contributed by atoms with Crippen molar-refractivity contribution in [3.05, 3.63) is 82.0 Å². The molecule has 2 aliphatic rings. The number of hydrogen-bond acceptors (Lipinski definition) is 0. The van der Waals surface area contributed by atoms with Crippen LogP contribution in [0.25, 0.3) is 11.1 Å². The first-order valence-corrected chi connectivity index (χ1v) is 10.3. The van der Waals surface area contributed by atoms with Gasteiger partial charge in [-0.05, 0) is 69.0 Å². The van der Waals surface area contributed by atoms with Gasteiger partial charge in [0.15, 0.2) is 0 Å². The molecule has 0 atom stereocenters. The molecule has 2 aromatic carbocycles. The van der Waals surface area contributed by atoms with Crippen LogP contribution in [-0.4, -0.2) is 0 Å². The Hall–Kier alpha value is -0.617. The van der Waals surface area contributed by atoms with Gasteiger partial charge in [-0.25, -0.2) is 0 Å². The van der Waals surface area contributed by atoms with Gasteiger partial charge in [0.1, 0.15) is 0 Å². The van der Waals surface area contributed by atoms with E-state index in [1.807, 2.05) is 0 Å². The van der Waals surface area contributed by atoms with Crippen LogP contribution in [0.3, 0.4) is 0 Å². The van der Waals surface area contributed by atoms with Crippen LogP contribution in [0.4, 0.5) is 0 Å². The van der Waals surface area contributed by atoms with E-state index in [0.717, 1.165) is 19.3 Å². The molecule has 30 heavy (non-hydrogen) atoms. The van der Waals surface area contributed by atoms with Gasteiger partial charge in [0, 0.05) is 0 Å². The summed E-state index contributed by atoms with van der Waals surface area (Å²) < 4.78 is 0. The van der Waals surface area contributed by atoms with Gasteiger partial charge in [-0.2, -0.15) is 0 Å². The third-order valence-corrected chi connectivity index (χ3v) is 5.99. The van der Waals surface area contributed by atoms with E-state index < -0.39 is 0 Å². The van der Waals surface area contributed by atoms with Crippen LogP contribution in [0.5, 0.6) is 0 Å². The number of fused-ring (bicyclic) bond motifs is 3. The Kier molecular flexibility index (Phi) is 9.04. The topological polar surface area (TPSA) is 0 Å². The van der Waals surface area contributed by atoms with Gasteiger partial charge in [-0.15, -0.1) is 0 Å². The second-order valence-corrected chi connectivity index (χ2v) is 10.3. The molecule has 4 rings (SSSR count). The van der Waals surface area contributed by atoms with Crippen molar-refractivity contribution in [2.45, 2.75) is 71.6 Å². The minimum atomic E-state index is 0. The molecule has 0 fully saturated rings. The minimum absolute atomic E-state index is 0. The summed E-state index contributed by atoms with van der Waals surface area (Å²) in [5.41, 5.74) is 12.5. The summed E-state index contributed by atoms with van der Waals surface area (Å²) in [4.78, 5) is 0. The Bertz CT molecular complexity index is 970. The quantitative estimate of drug-likeness (QED) is 0.480. The molecule has 0 amide bonds. The Balaban J connectivity index is 0.00000150. The van der Waals surface area contributed by atoms with E-state index >= 15 is 0 Å². The van der Waals surface area contributed by atoms with Gasteiger partial charge in [0.2, 0.25) is 0 Å². The van der Waals surface area contributed by atoms with Crippen LogP contribution < -0.4 is 24.8 Å². The molecule has 0 aromatic heterocycles. The number of hydrogen-bond donors (Lipinski definition) is 0. The molecular weight excluding hydrogens is 486 g/mol. The first kappa shape index (κ1) is 27.4. The smallest absolute Gasteiger partial charge is 1.00 e. The van der Waals surface area contributed by atoms with Gasteiger partial charge >= 0.3 is 26.2 Å². The minimum Gasteiger partial charge on any atom is -1.00 e. The summed E-state index contributed by atoms with van der Waals surface area (Å²) in [5.74, 6) is 0. The maximum Gasteiger partial charge on any atom is 2.00 e. The van der Waals surface area contributed by atoms with Gasteiger partial charge in [0.25, 0.3) is 0 Å². The fourth-order valence-corrected chi connectivity index (χ4v) is 4.93. The first-order valence-electron chi connectivity index (χ1n) is 10.3. The average molecular weight is 519 g/mol. The van der Waals surface area contributed by atoms with Gasteiger partial charge in [0.05, 0.1) is 0 Å². The van der Waals surface area contributed by atoms with Crippen molar-refractivity contribution >= 4 is 0 Å². The van der Waals surface area contributed by atoms with E-state index in [2.05, 4.69) is 90.1 Å². The van der Waals surface area contributed by atoms with Crippen LogP contribution >= 0.6 is 0 Å². The summed E-state index contributed by atoms with van der Waals surface area (Å²) in [5, 5.41) is 0. The van der Waals surface area contributed by atoms with Gasteiger partial charge in [-0.3, -0.25) is 0 Å². The maximum atomic E-state index is 2.54. The van der Waals surface area contributed by atoms with Crippen molar-refractivity contribution < 1.29 is 51.0 Å². The molecule has 0 saturated heterocycles. The van der Waals surface area contributed by atoms with Crippen molar-refractivity contribution in [3.8, 4) is 11.1 Å². The van der Waals surface area contributed by atoms with Crippen molar-refractivity contribution in [2.24, 2.45) is 0 Å². The molecule has 0 heterocycles. The summed E-state index contributed by atoms with van der Waals surface area (Å²) in [6.45, 7) is 14.2. The molecule has 0 saturated carbocycles. The molecule has 0 bridgehead atoms. The Morgan fingerprint density at radius 1 is 0.900 bits per heavy atom. The fourth-order valence-electron chi connectivity index (χ4n) is 4.93. The SMILES string of the molecule is CC(C)(C)c1cc(CC2=CC=CC2)c(C(C)(C)C)c2c1-c1ccccc1C2.[Cl-].[Cl-].[Zr+2]. The molecule has 0 nitrogen and oxygen atoms in total. The number of allylic oxidation sites excluding steroid dienone is 4. The fraction of sp³-hybridized carbons (Fsp3) is 0.407. The number of benzene rings is 2. The summed E-state index contributed by atoms with van der Waals surface area (Å²) in [6.07, 6.45) is 10.1. The zero-order valence-electron chi connectivity index (χ0n) is 19.0. The Morgan fingerprint density at radius 2 is 1.57 bits per heavy atom. The van der Waals surface area contributed by atoms with Crippen LogP contribution in [0.1, 0.15) is 75.8 Å². The van der Waals surface area contributed by atoms with E-state index in [4.69, 9.17) is 0 Å². The van der Waals surface area contributed by atoms with Crippen LogP contribution in [0.2, 0.25) is 0 Å². The third kappa shape index (κ3) is 5.06. The second-order valence-electron chi connectivity index (χ2n) is 10.3. The molecule has 0 unspecified atom stereocenters. The molecule has 2 aliphatic carbocycles. The third-order valence-electron chi connectivity index (χ3n) is 5.99. The molecule has 3 heteroatoms. The van der Waals surface area contributed by atoms with Crippen molar-refractivity contribution in [1.29, 1.82) is 0 Å². The van der Waals surface area contributed by atoms with E-state index in [-0.39, 0.29) is 61.8 Å². The molecule has 158 valence electrons. The van der Waals surface area contributed by atoms with Gasteiger partial charge in [-0.1, -0.05) is 95.7 Å². The van der Waals surface area contributed by atoms with Crippen LogP contribution in [0.15, 0.2) is 54.1 Å². The number of halogens is 2. The van der Waals surface area contributed by atoms with Gasteiger partial charge < -0.3 is 24.8 Å². The van der Waals surface area contributed by atoms with E-state index in [1.165, 1.54) is 33.4 Å². The number of rotatable bonds is 2. The Morgan fingerprint density at radius 3 is 2.13 bits per heavy atom. The van der Waals surface area contributed by atoms with Crippen LogP contribution in [0, 0.1) is 0 Å². The molecule has 0 spiro atoms. The molecule has 0 aliphatic heterocycles. The molecule has 2 aromatic rings. The average Bonchev–Trinajstić information content (AvgIpc) is 3.18. The molecule has 0 radical (unpaired) electrons. The molecular formula is C27H32Cl2Zr. The zero-order chi connectivity index (χ0) is 19.4. The predicted molar refractivity (Wildman–Crippen MR) is 118 cm³/mol. The maximum absolute atomic E-state index is 2.54. The Labute approximate surface area is 214 Å². The molecule has 0 N–H and O–H groups in total. The van der Waals surface area contributed by atoms with E-state index in [0.29, 0.717) is 0 Å². The van der Waals surface area contributed by atoms with E-state index in [1.54, 1.807) is 11.1 Å². The van der Waals surface area contributed by atoms with Crippen LogP contribution in [-0.2, 0) is 49.9 Å². The van der Waals surface area contributed by atoms with Crippen molar-refractivity contribution in [3.63, 3.8) is 0 Å². The second kappa shape index (κ2) is 9.89. The first-order chi connectivity index (χ1) is 12.7. The normalized spacial score (nSPS) is 14.1.